The number of amides is 1. The maximum atomic E-state index is 11.9. The Morgan fingerprint density at radius 2 is 2.09 bits per heavy atom. The third-order valence-corrected chi connectivity index (χ3v) is 5.59. The summed E-state index contributed by atoms with van der Waals surface area (Å²) in [5.41, 5.74) is 9.14. The summed E-state index contributed by atoms with van der Waals surface area (Å²) in [5.74, 6) is -0.296. The van der Waals surface area contributed by atoms with Crippen molar-refractivity contribution in [2.45, 2.75) is 26.8 Å². The molecule has 35 heavy (non-hydrogen) atoms. The van der Waals surface area contributed by atoms with Crippen LogP contribution in [-0.2, 0) is 13.0 Å². The Labute approximate surface area is 198 Å². The maximum absolute atomic E-state index is 11.9. The molecule has 0 bridgehead atoms. The van der Waals surface area contributed by atoms with Gasteiger partial charge in [0.25, 0.3) is 5.91 Å². The summed E-state index contributed by atoms with van der Waals surface area (Å²) in [6, 6.07) is 11.2. The number of nitrogens with zero attached hydrogens (tertiary/aromatic N) is 8. The number of nitriles is 1. The lowest BCUT2D eigenvalue weighted by atomic mass is 10.1. The normalized spacial score (nSPS) is 11.1. The topological polar surface area (TPSA) is 177 Å². The third-order valence-electron chi connectivity index (χ3n) is 5.59. The van der Waals surface area contributed by atoms with Crippen LogP contribution in [0.1, 0.15) is 33.0 Å². The first-order chi connectivity index (χ1) is 16.9. The molecule has 0 atom stereocenters. The first kappa shape index (κ1) is 21.8. The number of primary amides is 1. The molecule has 1 aromatic carbocycles. The van der Waals surface area contributed by atoms with Crippen molar-refractivity contribution in [1.29, 1.82) is 5.26 Å². The lowest BCUT2D eigenvalue weighted by Gasteiger charge is -2.06. The molecule has 0 spiro atoms. The van der Waals surface area contributed by atoms with E-state index in [1.165, 1.54) is 4.68 Å². The molecule has 0 saturated carbocycles. The highest BCUT2D eigenvalue weighted by Crippen LogP contribution is 2.31. The minimum atomic E-state index is -0.675. The lowest BCUT2D eigenvalue weighted by molar-refractivity contribution is 0.0996. The zero-order valence-electron chi connectivity index (χ0n) is 18.9. The number of fused-ring (bicyclic) bond motifs is 1. The van der Waals surface area contributed by atoms with E-state index < -0.39 is 5.91 Å². The van der Waals surface area contributed by atoms with Gasteiger partial charge < -0.3 is 10.8 Å². The van der Waals surface area contributed by atoms with Crippen LogP contribution in [-0.4, -0.2) is 50.7 Å². The molecule has 5 aromatic rings. The molecule has 12 nitrogen and oxygen atoms in total. The van der Waals surface area contributed by atoms with E-state index in [1.807, 2.05) is 18.2 Å². The molecule has 1 amide bonds. The van der Waals surface area contributed by atoms with Gasteiger partial charge in [-0.25, -0.2) is 5.10 Å². The second-order valence-corrected chi connectivity index (χ2v) is 8.02. The van der Waals surface area contributed by atoms with E-state index in [0.29, 0.717) is 46.5 Å². The zero-order valence-corrected chi connectivity index (χ0v) is 18.9. The fraction of sp³-hybridized carbons (Fsp3) is 0.174. The summed E-state index contributed by atoms with van der Waals surface area (Å²) in [5, 5.41) is 36.2. The Morgan fingerprint density at radius 1 is 1.26 bits per heavy atom. The molecule has 0 aliphatic rings. The van der Waals surface area contributed by atoms with Crippen molar-refractivity contribution >= 4 is 16.8 Å². The summed E-state index contributed by atoms with van der Waals surface area (Å²) in [6.45, 7) is 3.92. The van der Waals surface area contributed by atoms with Gasteiger partial charge in [-0.2, -0.15) is 30.2 Å². The summed E-state index contributed by atoms with van der Waals surface area (Å²) in [7, 11) is 0. The maximum Gasteiger partial charge on any atom is 0.269 e. The van der Waals surface area contributed by atoms with Crippen molar-refractivity contribution in [2.24, 2.45) is 5.73 Å². The van der Waals surface area contributed by atoms with Crippen molar-refractivity contribution < 1.29 is 9.90 Å². The number of pyridine rings is 1. The number of aryl methyl sites for hydroxylation is 4. The van der Waals surface area contributed by atoms with Crippen LogP contribution in [0, 0.1) is 25.2 Å². The molecule has 5 rings (SSSR count). The number of hydrogen-bond acceptors (Lipinski definition) is 8. The van der Waals surface area contributed by atoms with Gasteiger partial charge in [0.1, 0.15) is 11.4 Å². The minimum Gasteiger partial charge on any atom is -0.504 e. The number of aromatic amines is 1. The van der Waals surface area contributed by atoms with Crippen LogP contribution in [0.2, 0.25) is 0 Å². The average molecular weight is 468 g/mol. The summed E-state index contributed by atoms with van der Waals surface area (Å²) in [4.78, 5) is 20.7. The second kappa shape index (κ2) is 8.38. The Balaban J connectivity index is 1.52. The summed E-state index contributed by atoms with van der Waals surface area (Å²) in [6.07, 6.45) is 2.16. The van der Waals surface area contributed by atoms with Crippen molar-refractivity contribution in [3.63, 3.8) is 0 Å². The smallest absolute Gasteiger partial charge is 0.269 e. The lowest BCUT2D eigenvalue weighted by Crippen LogP contribution is -2.12. The van der Waals surface area contributed by atoms with E-state index in [2.05, 4.69) is 36.4 Å². The van der Waals surface area contributed by atoms with E-state index in [-0.39, 0.29) is 23.2 Å². The highest BCUT2D eigenvalue weighted by molar-refractivity contribution is 6.04. The van der Waals surface area contributed by atoms with Crippen molar-refractivity contribution in [1.82, 2.24) is 39.7 Å². The van der Waals surface area contributed by atoms with E-state index in [0.717, 1.165) is 5.56 Å². The summed E-state index contributed by atoms with van der Waals surface area (Å²) >= 11 is 0. The number of aromatic nitrogens is 8. The van der Waals surface area contributed by atoms with Gasteiger partial charge in [-0.1, -0.05) is 12.1 Å². The number of benzene rings is 1. The molecule has 174 valence electrons. The predicted octanol–water partition coefficient (Wildman–Crippen LogP) is 1.94. The fourth-order valence-corrected chi connectivity index (χ4v) is 3.90. The van der Waals surface area contributed by atoms with Crippen LogP contribution >= 0.6 is 0 Å². The minimum absolute atomic E-state index is 0.0400. The molecule has 0 saturated heterocycles. The van der Waals surface area contributed by atoms with E-state index in [4.69, 9.17) is 11.0 Å². The largest absolute Gasteiger partial charge is 0.504 e. The number of carbonyl (C=O) groups excluding carboxylic acids is 1. The number of rotatable bonds is 6. The Hall–Kier alpha value is -5.05. The van der Waals surface area contributed by atoms with Gasteiger partial charge in [0, 0.05) is 17.6 Å². The fourth-order valence-electron chi connectivity index (χ4n) is 3.90. The number of hydrogen-bond donors (Lipinski definition) is 3. The molecule has 4 heterocycles. The number of nitrogens with two attached hydrogens (primary N) is 1. The highest BCUT2D eigenvalue weighted by Gasteiger charge is 2.23. The molecule has 0 aliphatic heterocycles. The molecular formula is C23H20N10O2. The van der Waals surface area contributed by atoms with Crippen molar-refractivity contribution in [2.75, 3.05) is 0 Å². The van der Waals surface area contributed by atoms with Crippen LogP contribution < -0.4 is 5.73 Å². The van der Waals surface area contributed by atoms with Crippen molar-refractivity contribution in [3.8, 4) is 29.3 Å². The van der Waals surface area contributed by atoms with E-state index >= 15 is 0 Å². The summed E-state index contributed by atoms with van der Waals surface area (Å²) < 4.78 is 3.02. The molecule has 0 radical (unpaired) electrons. The number of nitrogens with one attached hydrogen (secondary N) is 1. The molecular weight excluding hydrogens is 448 g/mol. The Kier molecular flexibility index (Phi) is 5.21. The monoisotopic (exact) mass is 468 g/mol. The van der Waals surface area contributed by atoms with Gasteiger partial charge in [0.15, 0.2) is 11.4 Å². The van der Waals surface area contributed by atoms with Crippen LogP contribution in [0.5, 0.6) is 5.75 Å². The average Bonchev–Trinajstić information content (AvgIpc) is 3.53. The molecule has 4 N–H and O–H groups in total. The van der Waals surface area contributed by atoms with Gasteiger partial charge in [0.2, 0.25) is 11.8 Å². The molecule has 12 heteroatoms. The van der Waals surface area contributed by atoms with Crippen LogP contribution in [0.25, 0.3) is 28.4 Å². The van der Waals surface area contributed by atoms with Gasteiger partial charge in [-0.15, -0.1) is 0 Å². The van der Waals surface area contributed by atoms with Crippen LogP contribution in [0.4, 0.5) is 0 Å². The standard InChI is InChI=1S/C23H20N10O2/c1-12-8-16-17(11-26-12)33(31-18(16)21(25)35)23-27-22(28-29-23)19-20(34)13(2)30-32(19)7-6-14-4-3-5-15(9-14)10-24/h3-5,8-9,11,34H,6-7H2,1-2H3,(H2,25,35)(H,27,28,29). The van der Waals surface area contributed by atoms with Crippen molar-refractivity contribution in [3.05, 3.63) is 64.7 Å². The quantitative estimate of drug-likeness (QED) is 0.338. The Morgan fingerprint density at radius 3 is 2.86 bits per heavy atom. The van der Waals surface area contributed by atoms with Gasteiger partial charge in [-0.05, 0) is 44.0 Å². The number of aromatic hydroxyl groups is 1. The number of carbonyl (C=O) groups is 1. The van der Waals surface area contributed by atoms with E-state index in [9.17, 15) is 9.90 Å². The van der Waals surface area contributed by atoms with Gasteiger partial charge >= 0.3 is 0 Å². The molecule has 0 aliphatic carbocycles. The first-order valence-electron chi connectivity index (χ1n) is 10.7. The molecule has 4 aromatic heterocycles. The third kappa shape index (κ3) is 3.84. The molecule has 0 fully saturated rings. The SMILES string of the molecule is Cc1cc2c(C(N)=O)nn(-c3nc(-c4c(O)c(C)nn4CCc4cccc(C#N)c4)n[nH]3)c2cn1. The molecule has 0 unspecified atom stereocenters. The Bertz CT molecular complexity index is 1640. The van der Waals surface area contributed by atoms with Gasteiger partial charge in [-0.3, -0.25) is 14.5 Å². The van der Waals surface area contributed by atoms with Crippen LogP contribution in [0.15, 0.2) is 36.5 Å². The second-order valence-electron chi connectivity index (χ2n) is 8.02. The zero-order chi connectivity index (χ0) is 24.7. The number of H-pyrrole nitrogens is 1. The predicted molar refractivity (Wildman–Crippen MR) is 125 cm³/mol. The van der Waals surface area contributed by atoms with E-state index in [1.54, 1.807) is 36.9 Å². The van der Waals surface area contributed by atoms with Crippen LogP contribution in [0.3, 0.4) is 0 Å². The highest BCUT2D eigenvalue weighted by atomic mass is 16.3. The van der Waals surface area contributed by atoms with Gasteiger partial charge in [0.05, 0.1) is 23.3 Å². The first-order valence-corrected chi connectivity index (χ1v) is 10.7.